The Balaban J connectivity index is 0.00000192. The van der Waals surface area contributed by atoms with Crippen molar-refractivity contribution in [3.63, 3.8) is 0 Å². The van der Waals surface area contributed by atoms with Gasteiger partial charge in [0.05, 0.1) is 25.3 Å². The molecule has 2 aliphatic rings. The predicted molar refractivity (Wildman–Crippen MR) is 113 cm³/mol. The number of benzene rings is 1. The van der Waals surface area contributed by atoms with Gasteiger partial charge in [-0.15, -0.1) is 12.4 Å². The van der Waals surface area contributed by atoms with Crippen molar-refractivity contribution in [2.75, 3.05) is 24.7 Å². The standard InChI is InChI=1S/C22H25N3O2.ClH/c1-15-16(2)25(14-20-26-11-12-27-20)19-7-9-23-22(21(15)19)24-10-8-17-5-3-4-6-18(17)13-24;/h3-7,9,20H,8,10-14H2,1-2H3;1H. The molecule has 4 heterocycles. The number of nitrogens with zero attached hydrogens (tertiary/aromatic N) is 3. The minimum Gasteiger partial charge on any atom is -0.351 e. The summed E-state index contributed by atoms with van der Waals surface area (Å²) in [6.07, 6.45) is 2.85. The van der Waals surface area contributed by atoms with E-state index >= 15 is 0 Å². The van der Waals surface area contributed by atoms with Crippen LogP contribution in [-0.2, 0) is 29.0 Å². The molecule has 148 valence electrons. The van der Waals surface area contributed by atoms with E-state index in [0.717, 1.165) is 31.9 Å². The first-order chi connectivity index (χ1) is 13.2. The van der Waals surface area contributed by atoms with Crippen LogP contribution in [0.3, 0.4) is 0 Å². The molecule has 1 aromatic carbocycles. The van der Waals surface area contributed by atoms with Crippen LogP contribution in [0.2, 0.25) is 0 Å². The number of halogens is 1. The second-order valence-corrected chi connectivity index (χ2v) is 7.46. The monoisotopic (exact) mass is 399 g/mol. The maximum Gasteiger partial charge on any atom is 0.175 e. The molecule has 0 saturated carbocycles. The van der Waals surface area contributed by atoms with E-state index in [2.05, 4.69) is 53.6 Å². The fourth-order valence-electron chi connectivity index (χ4n) is 4.40. The Morgan fingerprint density at radius 1 is 1.07 bits per heavy atom. The first-order valence-electron chi connectivity index (χ1n) is 9.71. The summed E-state index contributed by atoms with van der Waals surface area (Å²) in [5.74, 6) is 1.09. The number of aromatic nitrogens is 2. The Hall–Kier alpha value is -2.08. The Morgan fingerprint density at radius 2 is 1.82 bits per heavy atom. The van der Waals surface area contributed by atoms with Gasteiger partial charge in [0.1, 0.15) is 5.82 Å². The van der Waals surface area contributed by atoms with Gasteiger partial charge < -0.3 is 18.9 Å². The molecule has 5 nitrogen and oxygen atoms in total. The van der Waals surface area contributed by atoms with Gasteiger partial charge in [-0.2, -0.15) is 0 Å². The molecule has 0 amide bonds. The van der Waals surface area contributed by atoms with Gasteiger partial charge in [-0.3, -0.25) is 0 Å². The molecule has 6 heteroatoms. The number of rotatable bonds is 3. The Kier molecular flexibility index (Phi) is 5.32. The molecular weight excluding hydrogens is 374 g/mol. The summed E-state index contributed by atoms with van der Waals surface area (Å²) in [6, 6.07) is 10.9. The van der Waals surface area contributed by atoms with E-state index in [1.54, 1.807) is 0 Å². The first-order valence-corrected chi connectivity index (χ1v) is 9.71. The van der Waals surface area contributed by atoms with Crippen molar-refractivity contribution in [2.45, 2.75) is 39.6 Å². The lowest BCUT2D eigenvalue weighted by Gasteiger charge is -2.30. The molecule has 0 bridgehead atoms. The average Bonchev–Trinajstić information content (AvgIpc) is 3.31. The maximum absolute atomic E-state index is 5.69. The fourth-order valence-corrected chi connectivity index (χ4v) is 4.40. The normalized spacial score (nSPS) is 17.0. The van der Waals surface area contributed by atoms with Crippen molar-refractivity contribution in [3.05, 3.63) is 58.9 Å². The third-order valence-corrected chi connectivity index (χ3v) is 5.98. The van der Waals surface area contributed by atoms with Gasteiger partial charge in [0.25, 0.3) is 0 Å². The number of hydrogen-bond donors (Lipinski definition) is 0. The summed E-state index contributed by atoms with van der Waals surface area (Å²) >= 11 is 0. The lowest BCUT2D eigenvalue weighted by Crippen LogP contribution is -2.31. The molecular formula is C22H26ClN3O2. The molecule has 2 aromatic heterocycles. The second kappa shape index (κ2) is 7.74. The van der Waals surface area contributed by atoms with Gasteiger partial charge in [0.15, 0.2) is 6.29 Å². The number of anilines is 1. The van der Waals surface area contributed by atoms with E-state index in [1.807, 2.05) is 6.20 Å². The van der Waals surface area contributed by atoms with E-state index in [-0.39, 0.29) is 18.7 Å². The van der Waals surface area contributed by atoms with Gasteiger partial charge >= 0.3 is 0 Å². The maximum atomic E-state index is 5.69. The average molecular weight is 400 g/mol. The number of pyridine rings is 1. The van der Waals surface area contributed by atoms with Crippen LogP contribution in [0.1, 0.15) is 22.4 Å². The fraction of sp³-hybridized carbons (Fsp3) is 0.409. The van der Waals surface area contributed by atoms with E-state index < -0.39 is 0 Å². The van der Waals surface area contributed by atoms with Gasteiger partial charge in [-0.1, -0.05) is 24.3 Å². The summed E-state index contributed by atoms with van der Waals surface area (Å²) in [7, 11) is 0. The van der Waals surface area contributed by atoms with Gasteiger partial charge in [0.2, 0.25) is 0 Å². The minimum absolute atomic E-state index is 0. The summed E-state index contributed by atoms with van der Waals surface area (Å²) < 4.78 is 13.7. The van der Waals surface area contributed by atoms with Crippen LogP contribution >= 0.6 is 12.4 Å². The molecule has 0 unspecified atom stereocenters. The molecule has 0 N–H and O–H groups in total. The van der Waals surface area contributed by atoms with Gasteiger partial charge in [0, 0.05) is 30.4 Å². The topological polar surface area (TPSA) is 39.5 Å². The van der Waals surface area contributed by atoms with Crippen LogP contribution in [0.25, 0.3) is 10.9 Å². The third-order valence-electron chi connectivity index (χ3n) is 5.98. The molecule has 0 radical (unpaired) electrons. The molecule has 5 rings (SSSR count). The molecule has 0 atom stereocenters. The lowest BCUT2D eigenvalue weighted by molar-refractivity contribution is -0.0520. The SMILES string of the molecule is Cc1c(C)n(CC2OCCO2)c2ccnc(N3CCc4ccccc4C3)c12.Cl. The molecule has 2 aliphatic heterocycles. The molecule has 3 aromatic rings. The summed E-state index contributed by atoms with van der Waals surface area (Å²) in [6.45, 7) is 8.39. The second-order valence-electron chi connectivity index (χ2n) is 7.46. The van der Waals surface area contributed by atoms with Crippen molar-refractivity contribution in [1.29, 1.82) is 0 Å². The van der Waals surface area contributed by atoms with Crippen LogP contribution in [0.15, 0.2) is 36.5 Å². The zero-order chi connectivity index (χ0) is 18.4. The highest BCUT2D eigenvalue weighted by atomic mass is 35.5. The first kappa shape index (κ1) is 19.2. The number of fused-ring (bicyclic) bond motifs is 2. The van der Waals surface area contributed by atoms with Crippen LogP contribution in [0.4, 0.5) is 5.82 Å². The van der Waals surface area contributed by atoms with Crippen LogP contribution < -0.4 is 4.90 Å². The van der Waals surface area contributed by atoms with Gasteiger partial charge in [-0.05, 0) is 43.0 Å². The van der Waals surface area contributed by atoms with Gasteiger partial charge in [-0.25, -0.2) is 4.98 Å². The Morgan fingerprint density at radius 3 is 2.61 bits per heavy atom. The van der Waals surface area contributed by atoms with Crippen molar-refractivity contribution in [3.8, 4) is 0 Å². The molecule has 0 aliphatic carbocycles. The largest absolute Gasteiger partial charge is 0.351 e. The minimum atomic E-state index is -0.155. The Bertz CT molecular complexity index is 995. The number of ether oxygens (including phenoxy) is 2. The molecule has 28 heavy (non-hydrogen) atoms. The smallest absolute Gasteiger partial charge is 0.175 e. The quantitative estimate of drug-likeness (QED) is 0.667. The summed E-state index contributed by atoms with van der Waals surface area (Å²) in [4.78, 5) is 7.22. The highest BCUT2D eigenvalue weighted by molar-refractivity contribution is 5.95. The molecule has 1 saturated heterocycles. The van der Waals surface area contributed by atoms with Crippen molar-refractivity contribution in [1.82, 2.24) is 9.55 Å². The van der Waals surface area contributed by atoms with Crippen molar-refractivity contribution in [2.24, 2.45) is 0 Å². The summed E-state index contributed by atoms with van der Waals surface area (Å²) in [5, 5.41) is 1.26. The number of hydrogen-bond acceptors (Lipinski definition) is 4. The molecule has 1 fully saturated rings. The molecule has 0 spiro atoms. The van der Waals surface area contributed by atoms with Crippen LogP contribution in [-0.4, -0.2) is 35.6 Å². The van der Waals surface area contributed by atoms with E-state index in [9.17, 15) is 0 Å². The van der Waals surface area contributed by atoms with Crippen LogP contribution in [0, 0.1) is 13.8 Å². The van der Waals surface area contributed by atoms with E-state index in [1.165, 1.54) is 33.3 Å². The summed E-state index contributed by atoms with van der Waals surface area (Å²) in [5.41, 5.74) is 6.64. The van der Waals surface area contributed by atoms with Crippen molar-refractivity contribution >= 4 is 29.1 Å². The third kappa shape index (κ3) is 3.17. The highest BCUT2D eigenvalue weighted by Gasteiger charge is 2.24. The number of aryl methyl sites for hydroxylation is 1. The predicted octanol–water partition coefficient (Wildman–Crippen LogP) is 4.01. The van der Waals surface area contributed by atoms with E-state index in [0.29, 0.717) is 13.2 Å². The zero-order valence-corrected chi connectivity index (χ0v) is 17.2. The lowest BCUT2D eigenvalue weighted by atomic mass is 9.99. The van der Waals surface area contributed by atoms with Crippen molar-refractivity contribution < 1.29 is 9.47 Å². The van der Waals surface area contributed by atoms with E-state index in [4.69, 9.17) is 14.5 Å². The zero-order valence-electron chi connectivity index (χ0n) is 16.4. The highest BCUT2D eigenvalue weighted by Crippen LogP contribution is 2.34. The van der Waals surface area contributed by atoms with Crippen LogP contribution in [0.5, 0.6) is 0 Å². The Labute approximate surface area is 171 Å².